The first-order valence-corrected chi connectivity index (χ1v) is 10.1. The van der Waals surface area contributed by atoms with Gasteiger partial charge in [-0.25, -0.2) is 4.79 Å². The first kappa shape index (κ1) is 21.4. The third kappa shape index (κ3) is 3.35. The molecule has 1 atom stereocenters. The Hall–Kier alpha value is -3.88. The van der Waals surface area contributed by atoms with Crippen LogP contribution in [-0.2, 0) is 14.3 Å². The van der Waals surface area contributed by atoms with E-state index in [1.165, 1.54) is 31.3 Å². The zero-order chi connectivity index (χ0) is 23.0. The van der Waals surface area contributed by atoms with Crippen molar-refractivity contribution in [3.63, 3.8) is 0 Å². The van der Waals surface area contributed by atoms with Gasteiger partial charge in [0.2, 0.25) is 11.8 Å². The molecule has 0 aromatic heterocycles. The molecule has 0 spiro atoms. The molecule has 0 bridgehead atoms. The Morgan fingerprint density at radius 3 is 2.59 bits per heavy atom. The molecule has 3 amide bonds. The number of rotatable bonds is 5. The number of anilines is 2. The van der Waals surface area contributed by atoms with E-state index in [2.05, 4.69) is 5.32 Å². The van der Waals surface area contributed by atoms with Crippen LogP contribution in [0.3, 0.4) is 0 Å². The average Bonchev–Trinajstić information content (AvgIpc) is 3.11. The highest BCUT2D eigenvalue weighted by atomic mass is 16.5. The molecular weight excluding hydrogens is 414 g/mol. The van der Waals surface area contributed by atoms with Gasteiger partial charge in [0, 0.05) is 6.42 Å². The molecule has 2 aromatic rings. The summed E-state index contributed by atoms with van der Waals surface area (Å²) >= 11 is 0. The molecule has 32 heavy (non-hydrogen) atoms. The fraction of sp³-hybridized carbons (Fsp3) is 0.304. The third-order valence-electron chi connectivity index (χ3n) is 5.95. The number of benzene rings is 2. The van der Waals surface area contributed by atoms with Gasteiger partial charge in [0.05, 0.1) is 36.7 Å². The lowest BCUT2D eigenvalue weighted by Gasteiger charge is -2.48. The van der Waals surface area contributed by atoms with Crippen molar-refractivity contribution in [1.29, 1.82) is 0 Å². The SMILES string of the molecule is COC(=O)c1cc(OC)ccc1NC(=O)CN1C(=O)c2ccccc2N2C(=O)CCC12C. The number of nitrogens with zero attached hydrogens (tertiary/aromatic N) is 2. The quantitative estimate of drug-likeness (QED) is 0.721. The molecule has 1 saturated heterocycles. The van der Waals surface area contributed by atoms with Crippen LogP contribution in [0.25, 0.3) is 0 Å². The summed E-state index contributed by atoms with van der Waals surface area (Å²) in [4.78, 5) is 54.1. The summed E-state index contributed by atoms with van der Waals surface area (Å²) in [5.41, 5.74) is 0.330. The third-order valence-corrected chi connectivity index (χ3v) is 5.95. The van der Waals surface area contributed by atoms with Crippen molar-refractivity contribution in [2.45, 2.75) is 25.4 Å². The van der Waals surface area contributed by atoms with E-state index in [9.17, 15) is 19.2 Å². The van der Waals surface area contributed by atoms with Gasteiger partial charge < -0.3 is 19.7 Å². The molecule has 2 aliphatic heterocycles. The van der Waals surface area contributed by atoms with Crippen LogP contribution in [-0.4, -0.2) is 55.0 Å². The Balaban J connectivity index is 1.63. The van der Waals surface area contributed by atoms with E-state index in [4.69, 9.17) is 9.47 Å². The molecule has 9 heteroatoms. The highest BCUT2D eigenvalue weighted by molar-refractivity contribution is 6.11. The number of para-hydroxylation sites is 1. The molecule has 2 aliphatic rings. The standard InChI is InChI=1S/C23H23N3O6/c1-23-11-10-20(28)26(23)18-7-5-4-6-15(18)21(29)25(23)13-19(27)24-17-9-8-14(31-2)12-16(17)22(30)32-3/h4-9,12H,10-11,13H2,1-3H3,(H,24,27). The molecule has 4 rings (SSSR count). The Morgan fingerprint density at radius 1 is 1.12 bits per heavy atom. The summed E-state index contributed by atoms with van der Waals surface area (Å²) < 4.78 is 9.93. The Bertz CT molecular complexity index is 1130. The summed E-state index contributed by atoms with van der Waals surface area (Å²) in [7, 11) is 2.70. The number of carbonyl (C=O) groups excluding carboxylic acids is 4. The van der Waals surface area contributed by atoms with Gasteiger partial charge in [0.25, 0.3) is 5.91 Å². The van der Waals surface area contributed by atoms with E-state index in [1.807, 2.05) is 0 Å². The maximum Gasteiger partial charge on any atom is 0.340 e. The van der Waals surface area contributed by atoms with Crippen molar-refractivity contribution in [1.82, 2.24) is 4.90 Å². The molecule has 2 heterocycles. The lowest BCUT2D eigenvalue weighted by Crippen LogP contribution is -2.63. The number of methoxy groups -OCH3 is 2. The molecule has 2 aromatic carbocycles. The first-order valence-electron chi connectivity index (χ1n) is 10.1. The summed E-state index contributed by atoms with van der Waals surface area (Å²) in [6, 6.07) is 11.5. The number of fused-ring (bicyclic) bond motifs is 3. The molecule has 1 N–H and O–H groups in total. The zero-order valence-electron chi connectivity index (χ0n) is 18.0. The van der Waals surface area contributed by atoms with Crippen LogP contribution < -0.4 is 15.0 Å². The van der Waals surface area contributed by atoms with Crippen molar-refractivity contribution in [3.05, 3.63) is 53.6 Å². The summed E-state index contributed by atoms with van der Waals surface area (Å²) in [6.07, 6.45) is 0.691. The van der Waals surface area contributed by atoms with Crippen LogP contribution in [0.15, 0.2) is 42.5 Å². The number of amides is 3. The number of esters is 1. The normalized spacial score (nSPS) is 19.3. The van der Waals surface area contributed by atoms with E-state index >= 15 is 0 Å². The highest BCUT2D eigenvalue weighted by Crippen LogP contribution is 2.43. The minimum absolute atomic E-state index is 0.0963. The first-order chi connectivity index (χ1) is 15.3. The number of hydrogen-bond acceptors (Lipinski definition) is 6. The second-order valence-electron chi connectivity index (χ2n) is 7.81. The minimum atomic E-state index is -0.953. The van der Waals surface area contributed by atoms with Gasteiger partial charge in [-0.3, -0.25) is 19.3 Å². The molecule has 0 aliphatic carbocycles. The largest absolute Gasteiger partial charge is 0.497 e. The molecule has 166 valence electrons. The Kier molecular flexibility index (Phi) is 5.33. The van der Waals surface area contributed by atoms with E-state index < -0.39 is 17.5 Å². The Morgan fingerprint density at radius 2 is 1.88 bits per heavy atom. The lowest BCUT2D eigenvalue weighted by atomic mass is 9.98. The van der Waals surface area contributed by atoms with Crippen LogP contribution in [0.1, 0.15) is 40.5 Å². The molecule has 1 unspecified atom stereocenters. The van der Waals surface area contributed by atoms with Crippen LogP contribution in [0.5, 0.6) is 5.75 Å². The van der Waals surface area contributed by atoms with Gasteiger partial charge in [0.15, 0.2) is 0 Å². The van der Waals surface area contributed by atoms with Gasteiger partial charge in [-0.15, -0.1) is 0 Å². The Labute approximate surface area is 184 Å². The molecule has 9 nitrogen and oxygen atoms in total. The van der Waals surface area contributed by atoms with E-state index in [-0.39, 0.29) is 36.0 Å². The van der Waals surface area contributed by atoms with Crippen molar-refractivity contribution in [2.24, 2.45) is 0 Å². The fourth-order valence-corrected chi connectivity index (χ4v) is 4.31. The molecule has 0 radical (unpaired) electrons. The van der Waals surface area contributed by atoms with E-state index in [1.54, 1.807) is 42.2 Å². The van der Waals surface area contributed by atoms with Crippen molar-refractivity contribution in [2.75, 3.05) is 31.0 Å². The molecule has 0 saturated carbocycles. The number of ether oxygens (including phenoxy) is 2. The van der Waals surface area contributed by atoms with Crippen molar-refractivity contribution < 1.29 is 28.7 Å². The van der Waals surface area contributed by atoms with E-state index in [0.717, 1.165) is 0 Å². The lowest BCUT2D eigenvalue weighted by molar-refractivity contribution is -0.120. The topological polar surface area (TPSA) is 105 Å². The second-order valence-corrected chi connectivity index (χ2v) is 7.81. The van der Waals surface area contributed by atoms with Crippen molar-refractivity contribution >= 4 is 35.1 Å². The average molecular weight is 437 g/mol. The minimum Gasteiger partial charge on any atom is -0.497 e. The second kappa shape index (κ2) is 7.99. The van der Waals surface area contributed by atoms with Crippen molar-refractivity contribution in [3.8, 4) is 5.75 Å². The number of hydrogen-bond donors (Lipinski definition) is 1. The van der Waals surface area contributed by atoms with Gasteiger partial charge in [-0.2, -0.15) is 0 Å². The van der Waals surface area contributed by atoms with Gasteiger partial charge in [0.1, 0.15) is 18.0 Å². The monoisotopic (exact) mass is 437 g/mol. The predicted molar refractivity (Wildman–Crippen MR) is 116 cm³/mol. The number of carbonyl (C=O) groups is 4. The van der Waals surface area contributed by atoms with Gasteiger partial charge in [-0.1, -0.05) is 12.1 Å². The maximum atomic E-state index is 13.3. The zero-order valence-corrected chi connectivity index (χ0v) is 18.0. The van der Waals surface area contributed by atoms with Gasteiger partial charge >= 0.3 is 5.97 Å². The summed E-state index contributed by atoms with van der Waals surface area (Å²) in [5.74, 6) is -1.14. The summed E-state index contributed by atoms with van der Waals surface area (Å²) in [6.45, 7) is 1.49. The molecule has 1 fully saturated rings. The predicted octanol–water partition coefficient (Wildman–Crippen LogP) is 2.42. The van der Waals surface area contributed by atoms with E-state index in [0.29, 0.717) is 23.4 Å². The maximum absolute atomic E-state index is 13.3. The van der Waals surface area contributed by atoms with Gasteiger partial charge in [-0.05, 0) is 43.7 Å². The van der Waals surface area contributed by atoms with Crippen LogP contribution >= 0.6 is 0 Å². The number of nitrogens with one attached hydrogen (secondary N) is 1. The van der Waals surface area contributed by atoms with Crippen LogP contribution in [0, 0.1) is 0 Å². The van der Waals surface area contributed by atoms with Crippen LogP contribution in [0.2, 0.25) is 0 Å². The highest BCUT2D eigenvalue weighted by Gasteiger charge is 2.53. The smallest absolute Gasteiger partial charge is 0.340 e. The fourth-order valence-electron chi connectivity index (χ4n) is 4.31. The van der Waals surface area contributed by atoms with Crippen LogP contribution in [0.4, 0.5) is 11.4 Å². The molecular formula is C23H23N3O6. The summed E-state index contributed by atoms with van der Waals surface area (Å²) in [5, 5.41) is 2.68.